The summed E-state index contributed by atoms with van der Waals surface area (Å²) < 4.78 is 0. The Hall–Kier alpha value is -0.840. The Morgan fingerprint density at radius 1 is 1.37 bits per heavy atom. The third-order valence-corrected chi connectivity index (χ3v) is 4.16. The Morgan fingerprint density at radius 2 is 2.05 bits per heavy atom. The minimum absolute atomic E-state index is 0.0444. The maximum atomic E-state index is 12.5. The van der Waals surface area contributed by atoms with Crippen molar-refractivity contribution in [1.29, 1.82) is 0 Å². The van der Waals surface area contributed by atoms with Crippen molar-refractivity contribution in [1.82, 2.24) is 14.8 Å². The molecule has 0 saturated carbocycles. The van der Waals surface area contributed by atoms with Crippen molar-refractivity contribution in [3.8, 4) is 0 Å². The molecule has 0 N–H and O–H groups in total. The number of halogens is 2. The molecule has 1 aliphatic heterocycles. The summed E-state index contributed by atoms with van der Waals surface area (Å²) >= 11 is 11.9. The van der Waals surface area contributed by atoms with Gasteiger partial charge in [-0.1, -0.05) is 23.2 Å². The van der Waals surface area contributed by atoms with Crippen LogP contribution in [0.15, 0.2) is 12.3 Å². The van der Waals surface area contributed by atoms with Crippen LogP contribution in [-0.2, 0) is 0 Å². The van der Waals surface area contributed by atoms with Crippen LogP contribution in [0.4, 0.5) is 0 Å². The summed E-state index contributed by atoms with van der Waals surface area (Å²) in [5.41, 5.74) is 0.374. The van der Waals surface area contributed by atoms with E-state index in [0.717, 1.165) is 6.54 Å². The van der Waals surface area contributed by atoms with Crippen LogP contribution in [0, 0.1) is 0 Å². The van der Waals surface area contributed by atoms with Gasteiger partial charge in [0.2, 0.25) is 0 Å². The Kier molecular flexibility index (Phi) is 4.04. The number of aromatic nitrogens is 1. The van der Waals surface area contributed by atoms with Crippen molar-refractivity contribution in [2.75, 3.05) is 26.7 Å². The number of rotatable bonds is 1. The molecule has 2 rings (SSSR count). The highest BCUT2D eigenvalue weighted by molar-refractivity contribution is 6.35. The van der Waals surface area contributed by atoms with Gasteiger partial charge in [-0.05, 0) is 27.0 Å². The normalized spacial score (nSPS) is 19.5. The van der Waals surface area contributed by atoms with Gasteiger partial charge in [0, 0.05) is 31.4 Å². The fourth-order valence-electron chi connectivity index (χ4n) is 2.16. The van der Waals surface area contributed by atoms with Gasteiger partial charge >= 0.3 is 0 Å². The molecule has 1 saturated heterocycles. The van der Waals surface area contributed by atoms with Gasteiger partial charge in [0.05, 0.1) is 10.6 Å². The number of carbonyl (C=O) groups excluding carboxylic acids is 1. The number of piperazine rings is 1. The lowest BCUT2D eigenvalue weighted by atomic mass is 9.99. The first-order chi connectivity index (χ1) is 8.81. The molecular formula is C13H17Cl2N3O. The van der Waals surface area contributed by atoms with Crippen LogP contribution in [0.1, 0.15) is 24.2 Å². The fraction of sp³-hybridized carbons (Fsp3) is 0.538. The van der Waals surface area contributed by atoms with Crippen LogP contribution in [0.3, 0.4) is 0 Å². The van der Waals surface area contributed by atoms with E-state index in [4.69, 9.17) is 23.2 Å². The largest absolute Gasteiger partial charge is 0.335 e. The van der Waals surface area contributed by atoms with Gasteiger partial charge in [-0.3, -0.25) is 9.69 Å². The van der Waals surface area contributed by atoms with E-state index in [0.29, 0.717) is 23.7 Å². The van der Waals surface area contributed by atoms with Crippen molar-refractivity contribution >= 4 is 29.1 Å². The molecule has 0 spiro atoms. The van der Waals surface area contributed by atoms with Crippen LogP contribution >= 0.6 is 23.2 Å². The molecule has 4 nitrogen and oxygen atoms in total. The summed E-state index contributed by atoms with van der Waals surface area (Å²) in [6.45, 7) is 6.43. The average Bonchev–Trinajstić information content (AvgIpc) is 2.35. The van der Waals surface area contributed by atoms with Gasteiger partial charge in [0.1, 0.15) is 5.15 Å². The predicted octanol–water partition coefficient (Wildman–Crippen LogP) is 2.55. The quantitative estimate of drug-likeness (QED) is 0.748. The molecule has 19 heavy (non-hydrogen) atoms. The number of hydrogen-bond donors (Lipinski definition) is 0. The average molecular weight is 302 g/mol. The standard InChI is InChI=1S/C13H17Cl2N3O/c1-13(2)8-18(5-4-17(13)3)12(19)9-6-11(15)16-7-10(9)14/h6-7H,4-5,8H2,1-3H3. The lowest BCUT2D eigenvalue weighted by molar-refractivity contribution is 0.0311. The van der Waals surface area contributed by atoms with Crippen LogP contribution in [-0.4, -0.2) is 52.9 Å². The first-order valence-corrected chi connectivity index (χ1v) is 6.88. The third kappa shape index (κ3) is 3.02. The molecule has 0 unspecified atom stereocenters. The topological polar surface area (TPSA) is 36.4 Å². The Labute approximate surface area is 123 Å². The lowest BCUT2D eigenvalue weighted by Crippen LogP contribution is -2.58. The highest BCUT2D eigenvalue weighted by Crippen LogP contribution is 2.24. The number of nitrogens with zero attached hydrogens (tertiary/aromatic N) is 3. The molecule has 0 atom stereocenters. The Morgan fingerprint density at radius 3 is 2.68 bits per heavy atom. The second-order valence-electron chi connectivity index (χ2n) is 5.45. The van der Waals surface area contributed by atoms with E-state index in [9.17, 15) is 4.79 Å². The van der Waals surface area contributed by atoms with E-state index in [1.807, 2.05) is 4.90 Å². The lowest BCUT2D eigenvalue weighted by Gasteiger charge is -2.45. The molecular weight excluding hydrogens is 285 g/mol. The van der Waals surface area contributed by atoms with Crippen molar-refractivity contribution in [2.24, 2.45) is 0 Å². The molecule has 6 heteroatoms. The monoisotopic (exact) mass is 301 g/mol. The minimum atomic E-state index is -0.0875. The zero-order valence-electron chi connectivity index (χ0n) is 11.3. The van der Waals surface area contributed by atoms with Crippen LogP contribution in [0.2, 0.25) is 10.2 Å². The van der Waals surface area contributed by atoms with Gasteiger partial charge in [-0.15, -0.1) is 0 Å². The minimum Gasteiger partial charge on any atom is -0.335 e. The molecule has 1 fully saturated rings. The van der Waals surface area contributed by atoms with Gasteiger partial charge in [-0.2, -0.15) is 0 Å². The molecule has 0 bridgehead atoms. The highest BCUT2D eigenvalue weighted by Gasteiger charge is 2.34. The maximum Gasteiger partial charge on any atom is 0.255 e. The van der Waals surface area contributed by atoms with Crippen molar-refractivity contribution in [3.05, 3.63) is 28.0 Å². The number of hydrogen-bond acceptors (Lipinski definition) is 3. The van der Waals surface area contributed by atoms with Crippen LogP contribution in [0.5, 0.6) is 0 Å². The van der Waals surface area contributed by atoms with Crippen molar-refractivity contribution in [3.63, 3.8) is 0 Å². The van der Waals surface area contributed by atoms with Crippen LogP contribution < -0.4 is 0 Å². The number of pyridine rings is 1. The Bertz CT molecular complexity index is 505. The van der Waals surface area contributed by atoms with E-state index in [2.05, 4.69) is 30.8 Å². The first-order valence-electron chi connectivity index (χ1n) is 6.13. The molecule has 0 radical (unpaired) electrons. The Balaban J connectivity index is 2.23. The molecule has 2 heterocycles. The van der Waals surface area contributed by atoms with Gasteiger partial charge < -0.3 is 4.90 Å². The van der Waals surface area contributed by atoms with Gasteiger partial charge in [0.25, 0.3) is 5.91 Å². The molecule has 1 aromatic heterocycles. The summed E-state index contributed by atoms with van der Waals surface area (Å²) in [6, 6.07) is 1.53. The number of carbonyl (C=O) groups is 1. The van der Waals surface area contributed by atoms with E-state index < -0.39 is 0 Å². The third-order valence-electron chi connectivity index (χ3n) is 3.66. The summed E-state index contributed by atoms with van der Waals surface area (Å²) in [7, 11) is 2.07. The number of likely N-dealkylation sites (N-methyl/N-ethyl adjacent to an activating group) is 1. The molecule has 1 amide bonds. The fourth-order valence-corrected chi connectivity index (χ4v) is 2.50. The van der Waals surface area contributed by atoms with Gasteiger partial charge in [0.15, 0.2) is 0 Å². The number of amides is 1. The van der Waals surface area contributed by atoms with Gasteiger partial charge in [-0.25, -0.2) is 4.98 Å². The zero-order chi connectivity index (χ0) is 14.2. The maximum absolute atomic E-state index is 12.5. The molecule has 104 valence electrons. The van der Waals surface area contributed by atoms with Crippen molar-refractivity contribution in [2.45, 2.75) is 19.4 Å². The molecule has 1 aromatic rings. The van der Waals surface area contributed by atoms with E-state index in [1.54, 1.807) is 0 Å². The molecule has 0 aliphatic carbocycles. The predicted molar refractivity (Wildman–Crippen MR) is 76.9 cm³/mol. The van der Waals surface area contributed by atoms with Crippen LogP contribution in [0.25, 0.3) is 0 Å². The summed E-state index contributed by atoms with van der Waals surface area (Å²) in [5, 5.41) is 0.618. The van der Waals surface area contributed by atoms with E-state index in [-0.39, 0.29) is 16.6 Å². The molecule has 0 aromatic carbocycles. The second-order valence-corrected chi connectivity index (χ2v) is 6.24. The van der Waals surface area contributed by atoms with E-state index in [1.165, 1.54) is 12.3 Å². The zero-order valence-corrected chi connectivity index (χ0v) is 12.8. The summed E-state index contributed by atoms with van der Waals surface area (Å²) in [6.07, 6.45) is 1.42. The summed E-state index contributed by atoms with van der Waals surface area (Å²) in [4.78, 5) is 20.4. The van der Waals surface area contributed by atoms with Crippen molar-refractivity contribution < 1.29 is 4.79 Å². The first kappa shape index (κ1) is 14.6. The second kappa shape index (κ2) is 5.27. The smallest absolute Gasteiger partial charge is 0.255 e. The summed E-state index contributed by atoms with van der Waals surface area (Å²) in [5.74, 6) is -0.0875. The molecule has 1 aliphatic rings. The SMILES string of the molecule is CN1CCN(C(=O)c2cc(Cl)ncc2Cl)CC1(C)C. The van der Waals surface area contributed by atoms with E-state index >= 15 is 0 Å². The highest BCUT2D eigenvalue weighted by atomic mass is 35.5.